The summed E-state index contributed by atoms with van der Waals surface area (Å²) in [6.45, 7) is 5.28. The number of hydrogen-bond donors (Lipinski definition) is 5. The Hall–Kier alpha value is -4.02. The average molecular weight is 548 g/mol. The number of likely N-dealkylation sites (N-methyl/N-ethyl adjacent to an activating group) is 1. The highest BCUT2D eigenvalue weighted by molar-refractivity contribution is 6.25. The lowest BCUT2D eigenvalue weighted by Crippen LogP contribution is -2.72. The third-order valence-electron chi connectivity index (χ3n) is 9.02. The van der Waals surface area contributed by atoms with Crippen LogP contribution in [0.4, 0.5) is 0 Å². The average Bonchev–Trinajstić information content (AvgIpc) is 2.86. The largest absolute Gasteiger partial charge is 0.508 e. The van der Waals surface area contributed by atoms with Gasteiger partial charge in [0, 0.05) is 28.2 Å². The van der Waals surface area contributed by atoms with Gasteiger partial charge in [-0.15, -0.1) is 0 Å². The Labute approximate surface area is 231 Å². The Morgan fingerprint density at radius 2 is 1.82 bits per heavy atom. The first-order valence-electron chi connectivity index (χ1n) is 13.1. The van der Waals surface area contributed by atoms with Crippen molar-refractivity contribution in [3.8, 4) is 17.0 Å². The first kappa shape index (κ1) is 27.5. The third-order valence-corrected chi connectivity index (χ3v) is 9.02. The molecule has 1 aromatic carbocycles. The zero-order chi connectivity index (χ0) is 29.5. The standard InChI is InChI=1S/C30H33N3O7/c1-6-14-9-10-32-17(11-14)15-7-8-18(34)19-16(15)12-28(2)13-29(3)24(33(4)5)23(36)20(27(31)39)25(37)30(29,40)26(38)21(28)22(19)35/h7-11,24,34-35,37,40H,6,12-13H2,1-5H3,(H2,31,39)/t24-,28+,29+,30-/m1/s1. The van der Waals surface area contributed by atoms with E-state index in [1.807, 2.05) is 19.1 Å². The number of primary amides is 1. The van der Waals surface area contributed by atoms with E-state index in [4.69, 9.17) is 5.73 Å². The monoisotopic (exact) mass is 547 g/mol. The van der Waals surface area contributed by atoms with Gasteiger partial charge in [-0.1, -0.05) is 20.8 Å². The number of aromatic hydroxyl groups is 1. The number of pyridine rings is 1. The summed E-state index contributed by atoms with van der Waals surface area (Å²) < 4.78 is 0. The normalized spacial score (nSPS) is 29.8. The van der Waals surface area contributed by atoms with Crippen molar-refractivity contribution >= 4 is 23.2 Å². The van der Waals surface area contributed by atoms with E-state index in [2.05, 4.69) is 4.98 Å². The lowest BCUT2D eigenvalue weighted by atomic mass is 9.46. The van der Waals surface area contributed by atoms with E-state index in [0.29, 0.717) is 16.8 Å². The number of rotatable bonds is 4. The summed E-state index contributed by atoms with van der Waals surface area (Å²) >= 11 is 0. The van der Waals surface area contributed by atoms with Crippen LogP contribution in [-0.2, 0) is 27.2 Å². The second-order valence-electron chi connectivity index (χ2n) is 11.8. The van der Waals surface area contributed by atoms with Crippen LogP contribution in [0.2, 0.25) is 0 Å². The van der Waals surface area contributed by atoms with Crippen LogP contribution in [0.3, 0.4) is 0 Å². The van der Waals surface area contributed by atoms with Crippen molar-refractivity contribution in [3.63, 3.8) is 0 Å². The Balaban J connectivity index is 1.82. The van der Waals surface area contributed by atoms with E-state index in [9.17, 15) is 34.8 Å². The Kier molecular flexibility index (Phi) is 6.02. The topological polar surface area (TPSA) is 174 Å². The summed E-state index contributed by atoms with van der Waals surface area (Å²) in [7, 11) is 3.15. The van der Waals surface area contributed by atoms with E-state index in [1.165, 1.54) is 17.9 Å². The fourth-order valence-corrected chi connectivity index (χ4v) is 7.40. The zero-order valence-electron chi connectivity index (χ0n) is 23.1. The van der Waals surface area contributed by atoms with Gasteiger partial charge in [0.05, 0.1) is 17.3 Å². The fraction of sp³-hybridized carbons (Fsp3) is 0.400. The van der Waals surface area contributed by atoms with Crippen molar-refractivity contribution in [2.75, 3.05) is 14.1 Å². The lowest BCUT2D eigenvalue weighted by Gasteiger charge is -2.59. The van der Waals surface area contributed by atoms with Crippen LogP contribution in [0.5, 0.6) is 5.75 Å². The summed E-state index contributed by atoms with van der Waals surface area (Å²) in [5.41, 5.74) is 1.79. The molecule has 0 aliphatic heterocycles. The van der Waals surface area contributed by atoms with Crippen molar-refractivity contribution in [2.45, 2.75) is 51.7 Å². The number of carbonyl (C=O) groups excluding carboxylic acids is 3. The number of carbonyl (C=O) groups is 3. The minimum absolute atomic E-state index is 0.0314. The maximum atomic E-state index is 14.3. The van der Waals surface area contributed by atoms with Crippen LogP contribution >= 0.6 is 0 Å². The van der Waals surface area contributed by atoms with Crippen molar-refractivity contribution in [1.82, 2.24) is 9.88 Å². The predicted octanol–water partition coefficient (Wildman–Crippen LogP) is 2.37. The number of fused-ring (bicyclic) bond motifs is 3. The molecule has 210 valence electrons. The van der Waals surface area contributed by atoms with Gasteiger partial charge in [-0.25, -0.2) is 0 Å². The molecule has 6 N–H and O–H groups in total. The molecule has 0 bridgehead atoms. The van der Waals surface area contributed by atoms with Crippen LogP contribution in [-0.4, -0.2) is 73.5 Å². The van der Waals surface area contributed by atoms with E-state index < -0.39 is 57.0 Å². The highest BCUT2D eigenvalue weighted by Gasteiger charge is 2.72. The fourth-order valence-electron chi connectivity index (χ4n) is 7.40. The molecule has 2 aromatic rings. The predicted molar refractivity (Wildman–Crippen MR) is 146 cm³/mol. The van der Waals surface area contributed by atoms with Crippen LogP contribution in [0.15, 0.2) is 47.4 Å². The number of Topliss-reactive ketones (excluding diaryl/α,β-unsaturated/α-hetero) is 2. The van der Waals surface area contributed by atoms with Gasteiger partial charge in [-0.3, -0.25) is 24.3 Å². The third kappa shape index (κ3) is 3.35. The van der Waals surface area contributed by atoms with Gasteiger partial charge in [-0.05, 0) is 68.8 Å². The molecule has 0 saturated heterocycles. The van der Waals surface area contributed by atoms with E-state index >= 15 is 0 Å². The van der Waals surface area contributed by atoms with Crippen LogP contribution in [0.1, 0.15) is 43.9 Å². The summed E-state index contributed by atoms with van der Waals surface area (Å²) in [4.78, 5) is 46.1. The van der Waals surface area contributed by atoms with Crippen molar-refractivity contribution in [2.24, 2.45) is 16.6 Å². The summed E-state index contributed by atoms with van der Waals surface area (Å²) in [6, 6.07) is 5.74. The number of benzene rings is 1. The van der Waals surface area contributed by atoms with E-state index in [0.717, 1.165) is 12.0 Å². The number of ketones is 2. The number of aryl methyl sites for hydroxylation is 1. The van der Waals surface area contributed by atoms with Gasteiger partial charge in [0.25, 0.3) is 5.91 Å². The summed E-state index contributed by atoms with van der Waals surface area (Å²) in [6.07, 6.45) is 2.58. The highest BCUT2D eigenvalue weighted by Crippen LogP contribution is 2.63. The molecule has 1 amide bonds. The Morgan fingerprint density at radius 3 is 2.42 bits per heavy atom. The molecule has 10 heteroatoms. The Bertz CT molecular complexity index is 1570. The smallest absolute Gasteiger partial charge is 0.255 e. The first-order chi connectivity index (χ1) is 18.6. The SMILES string of the molecule is CCc1ccnc(-c2ccc(O)c3c2C[C@@]2(C)C[C@@]4(C)[C@H](N(C)C)C(=O)C(C(N)=O)=C(O)[C@@]4(O)C(=O)C2=C3O)c1. The molecule has 0 radical (unpaired) electrons. The molecule has 3 aliphatic rings. The van der Waals surface area contributed by atoms with Gasteiger partial charge in [0.15, 0.2) is 11.4 Å². The first-order valence-corrected chi connectivity index (χ1v) is 13.1. The van der Waals surface area contributed by atoms with Crippen LogP contribution in [0.25, 0.3) is 17.0 Å². The maximum absolute atomic E-state index is 14.3. The number of aromatic nitrogens is 1. The number of nitrogens with two attached hydrogens (primary N) is 1. The molecule has 1 heterocycles. The molecule has 0 unspecified atom stereocenters. The number of aliphatic hydroxyl groups is 3. The highest BCUT2D eigenvalue weighted by atomic mass is 16.3. The number of aliphatic hydroxyl groups excluding tert-OH is 2. The van der Waals surface area contributed by atoms with Crippen LogP contribution in [0, 0.1) is 10.8 Å². The molecule has 1 fully saturated rings. The minimum atomic E-state index is -2.75. The summed E-state index contributed by atoms with van der Waals surface area (Å²) in [5.74, 6) is -5.07. The molecular formula is C30H33N3O7. The van der Waals surface area contributed by atoms with Crippen molar-refractivity contribution < 1.29 is 34.8 Å². The molecule has 1 aromatic heterocycles. The molecule has 4 atom stereocenters. The van der Waals surface area contributed by atoms with Crippen molar-refractivity contribution in [1.29, 1.82) is 0 Å². The molecule has 3 aliphatic carbocycles. The minimum Gasteiger partial charge on any atom is -0.508 e. The number of hydrogen-bond acceptors (Lipinski definition) is 9. The lowest BCUT2D eigenvalue weighted by molar-refractivity contribution is -0.175. The number of nitrogens with zero attached hydrogens (tertiary/aromatic N) is 2. The van der Waals surface area contributed by atoms with E-state index in [1.54, 1.807) is 33.3 Å². The van der Waals surface area contributed by atoms with Crippen LogP contribution < -0.4 is 5.73 Å². The van der Waals surface area contributed by atoms with Gasteiger partial charge in [0.1, 0.15) is 22.8 Å². The molecular weight excluding hydrogens is 514 g/mol. The number of amides is 1. The molecule has 1 saturated carbocycles. The zero-order valence-corrected chi connectivity index (χ0v) is 23.1. The van der Waals surface area contributed by atoms with Gasteiger partial charge in [-0.2, -0.15) is 0 Å². The molecule has 40 heavy (non-hydrogen) atoms. The quantitative estimate of drug-likeness (QED) is 0.360. The second kappa shape index (κ2) is 8.74. The number of phenols is 1. The van der Waals surface area contributed by atoms with Gasteiger partial charge < -0.3 is 26.2 Å². The summed E-state index contributed by atoms with van der Waals surface area (Å²) in [5, 5.41) is 45.7. The van der Waals surface area contributed by atoms with Gasteiger partial charge >= 0.3 is 0 Å². The van der Waals surface area contributed by atoms with Crippen molar-refractivity contribution in [3.05, 3.63) is 64.1 Å². The molecule has 10 nitrogen and oxygen atoms in total. The number of phenolic OH excluding ortho intramolecular Hbond substituents is 1. The second-order valence-corrected chi connectivity index (χ2v) is 11.8. The Morgan fingerprint density at radius 1 is 1.15 bits per heavy atom. The van der Waals surface area contributed by atoms with Gasteiger partial charge in [0.2, 0.25) is 5.78 Å². The molecule has 0 spiro atoms. The maximum Gasteiger partial charge on any atom is 0.255 e. The molecule has 5 rings (SSSR count). The van der Waals surface area contributed by atoms with E-state index in [-0.39, 0.29) is 29.7 Å².